The van der Waals surface area contributed by atoms with E-state index >= 15 is 0 Å². The molecule has 6 heteroatoms. The van der Waals surface area contributed by atoms with Gasteiger partial charge in [0.25, 0.3) is 0 Å². The quantitative estimate of drug-likeness (QED) is 0.667. The van der Waals surface area contributed by atoms with Gasteiger partial charge in [0.1, 0.15) is 6.04 Å². The van der Waals surface area contributed by atoms with Gasteiger partial charge in [-0.2, -0.15) is 0 Å². The summed E-state index contributed by atoms with van der Waals surface area (Å²) in [5.74, 6) is -0.580. The average Bonchev–Trinajstić information content (AvgIpc) is 2.46. The second kappa shape index (κ2) is 5.56. The number of ether oxygens (including phenoxy) is 1. The Morgan fingerprint density at radius 2 is 2.00 bits per heavy atom. The van der Waals surface area contributed by atoms with Crippen LogP contribution in [0.3, 0.4) is 0 Å². The maximum absolute atomic E-state index is 12.0. The van der Waals surface area contributed by atoms with Crippen LogP contribution >= 0.6 is 0 Å². The van der Waals surface area contributed by atoms with Gasteiger partial charge in [-0.15, -0.1) is 0 Å². The molecule has 2 rings (SSSR count). The number of hydrogen-bond acceptors (Lipinski definition) is 4. The molecule has 0 spiro atoms. The molecule has 0 fully saturated rings. The standard InChI is InChI=1S/C14H14N2O4/c1-9-11(13(18)20-2)12(10-6-4-3-5-7-10)16(8-17)14(19)15-9/h3-8,12H,1-2H3,(H,15,19)/t12-/m0/s1. The van der Waals surface area contributed by atoms with Crippen molar-refractivity contribution < 1.29 is 19.1 Å². The first-order valence-electron chi connectivity index (χ1n) is 5.98. The lowest BCUT2D eigenvalue weighted by atomic mass is 9.94. The fourth-order valence-electron chi connectivity index (χ4n) is 2.20. The predicted octanol–water partition coefficient (Wildman–Crippen LogP) is 1.36. The van der Waals surface area contributed by atoms with E-state index < -0.39 is 18.0 Å². The van der Waals surface area contributed by atoms with Crippen molar-refractivity contribution in [2.75, 3.05) is 7.11 Å². The van der Waals surface area contributed by atoms with Crippen molar-refractivity contribution in [1.82, 2.24) is 10.2 Å². The fourth-order valence-corrected chi connectivity index (χ4v) is 2.20. The van der Waals surface area contributed by atoms with Crippen LogP contribution < -0.4 is 5.32 Å². The lowest BCUT2D eigenvalue weighted by molar-refractivity contribution is -0.137. The minimum atomic E-state index is -0.783. The lowest BCUT2D eigenvalue weighted by Gasteiger charge is -2.33. The third-order valence-corrected chi connectivity index (χ3v) is 3.12. The second-order valence-electron chi connectivity index (χ2n) is 4.29. The molecule has 0 saturated carbocycles. The third kappa shape index (κ3) is 2.27. The van der Waals surface area contributed by atoms with Crippen molar-refractivity contribution in [2.24, 2.45) is 0 Å². The number of esters is 1. The Morgan fingerprint density at radius 3 is 2.55 bits per heavy atom. The number of allylic oxidation sites excluding steroid dienone is 1. The van der Waals surface area contributed by atoms with Gasteiger partial charge in [-0.25, -0.2) is 9.59 Å². The van der Waals surface area contributed by atoms with Crippen molar-refractivity contribution in [3.8, 4) is 0 Å². The van der Waals surface area contributed by atoms with E-state index in [9.17, 15) is 14.4 Å². The van der Waals surface area contributed by atoms with Gasteiger partial charge in [0, 0.05) is 5.70 Å². The largest absolute Gasteiger partial charge is 0.466 e. The van der Waals surface area contributed by atoms with Crippen LogP contribution in [0.2, 0.25) is 0 Å². The van der Waals surface area contributed by atoms with E-state index in [1.165, 1.54) is 7.11 Å². The fraction of sp³-hybridized carbons (Fsp3) is 0.214. The van der Waals surface area contributed by atoms with Crippen LogP contribution in [-0.4, -0.2) is 30.4 Å². The average molecular weight is 274 g/mol. The first-order chi connectivity index (χ1) is 9.60. The molecule has 0 saturated heterocycles. The number of amides is 3. The number of hydrogen-bond donors (Lipinski definition) is 1. The number of rotatable bonds is 3. The van der Waals surface area contributed by atoms with Gasteiger partial charge in [-0.3, -0.25) is 9.69 Å². The van der Waals surface area contributed by atoms with Gasteiger partial charge in [0.2, 0.25) is 6.41 Å². The summed E-state index contributed by atoms with van der Waals surface area (Å²) in [6.07, 6.45) is 0.405. The van der Waals surface area contributed by atoms with Gasteiger partial charge in [0.05, 0.1) is 12.7 Å². The van der Waals surface area contributed by atoms with E-state index in [0.29, 0.717) is 17.7 Å². The molecule has 20 heavy (non-hydrogen) atoms. The smallest absolute Gasteiger partial charge is 0.337 e. The molecular weight excluding hydrogens is 260 g/mol. The van der Waals surface area contributed by atoms with Crippen LogP contribution in [0.1, 0.15) is 18.5 Å². The first kappa shape index (κ1) is 13.8. The highest BCUT2D eigenvalue weighted by molar-refractivity contribution is 5.98. The number of nitrogens with one attached hydrogen (secondary N) is 1. The number of nitrogens with zero attached hydrogens (tertiary/aromatic N) is 1. The van der Waals surface area contributed by atoms with Crippen LogP contribution in [0.4, 0.5) is 4.79 Å². The van der Waals surface area contributed by atoms with E-state index in [-0.39, 0.29) is 5.57 Å². The number of carbonyl (C=O) groups excluding carboxylic acids is 3. The highest BCUT2D eigenvalue weighted by atomic mass is 16.5. The molecule has 1 N–H and O–H groups in total. The molecule has 0 aliphatic carbocycles. The molecule has 3 amide bonds. The number of carbonyl (C=O) groups is 3. The van der Waals surface area contributed by atoms with E-state index in [1.54, 1.807) is 31.2 Å². The summed E-state index contributed by atoms with van der Waals surface area (Å²) in [5, 5.41) is 2.48. The molecule has 1 aliphatic heterocycles. The van der Waals surface area contributed by atoms with Gasteiger partial charge in [-0.05, 0) is 12.5 Å². The number of urea groups is 1. The first-order valence-corrected chi connectivity index (χ1v) is 5.98. The van der Waals surface area contributed by atoms with Crippen LogP contribution in [0.25, 0.3) is 0 Å². The zero-order valence-corrected chi connectivity index (χ0v) is 11.1. The molecule has 6 nitrogen and oxygen atoms in total. The van der Waals surface area contributed by atoms with E-state index in [2.05, 4.69) is 5.32 Å². The summed E-state index contributed by atoms with van der Waals surface area (Å²) in [7, 11) is 1.26. The number of imide groups is 1. The summed E-state index contributed by atoms with van der Waals surface area (Å²) < 4.78 is 4.75. The topological polar surface area (TPSA) is 75.7 Å². The zero-order chi connectivity index (χ0) is 14.7. The molecule has 1 aliphatic rings. The van der Waals surface area contributed by atoms with Gasteiger partial charge < -0.3 is 10.1 Å². The Bertz CT molecular complexity index is 580. The Kier molecular flexibility index (Phi) is 3.84. The molecule has 0 unspecified atom stereocenters. The molecule has 1 atom stereocenters. The van der Waals surface area contributed by atoms with Crippen molar-refractivity contribution >= 4 is 18.4 Å². The molecule has 1 aromatic rings. The maximum atomic E-state index is 12.0. The summed E-state index contributed by atoms with van der Waals surface area (Å²) >= 11 is 0. The third-order valence-electron chi connectivity index (χ3n) is 3.12. The van der Waals surface area contributed by atoms with Gasteiger partial charge >= 0.3 is 12.0 Å². The number of benzene rings is 1. The summed E-state index contributed by atoms with van der Waals surface area (Å²) in [6.45, 7) is 1.60. The van der Waals surface area contributed by atoms with Crippen LogP contribution in [0.5, 0.6) is 0 Å². The van der Waals surface area contributed by atoms with Crippen LogP contribution in [0, 0.1) is 0 Å². The van der Waals surface area contributed by atoms with E-state index in [4.69, 9.17) is 4.74 Å². The minimum absolute atomic E-state index is 0.241. The summed E-state index contributed by atoms with van der Waals surface area (Å²) in [4.78, 5) is 36.0. The van der Waals surface area contributed by atoms with Crippen LogP contribution in [0.15, 0.2) is 41.6 Å². The number of methoxy groups -OCH3 is 1. The highest BCUT2D eigenvalue weighted by Crippen LogP contribution is 2.32. The molecular formula is C14H14N2O4. The summed E-state index contributed by atoms with van der Waals surface area (Å²) in [5.41, 5.74) is 1.29. The Balaban J connectivity index is 2.60. The lowest BCUT2D eigenvalue weighted by Crippen LogP contribution is -2.47. The van der Waals surface area contributed by atoms with Crippen LogP contribution in [-0.2, 0) is 14.3 Å². The van der Waals surface area contributed by atoms with E-state index in [1.807, 2.05) is 6.07 Å². The Labute approximate surface area is 116 Å². The predicted molar refractivity (Wildman–Crippen MR) is 70.3 cm³/mol. The maximum Gasteiger partial charge on any atom is 0.337 e. The van der Waals surface area contributed by atoms with E-state index in [0.717, 1.165) is 4.90 Å². The van der Waals surface area contributed by atoms with Gasteiger partial charge in [0.15, 0.2) is 0 Å². The monoisotopic (exact) mass is 274 g/mol. The van der Waals surface area contributed by atoms with Crippen molar-refractivity contribution in [3.05, 3.63) is 47.2 Å². The van der Waals surface area contributed by atoms with Gasteiger partial charge in [-0.1, -0.05) is 30.3 Å². The molecule has 1 heterocycles. The molecule has 0 radical (unpaired) electrons. The zero-order valence-electron chi connectivity index (χ0n) is 11.1. The molecule has 0 bridgehead atoms. The van der Waals surface area contributed by atoms with Crippen molar-refractivity contribution in [1.29, 1.82) is 0 Å². The molecule has 1 aromatic carbocycles. The highest BCUT2D eigenvalue weighted by Gasteiger charge is 2.38. The Morgan fingerprint density at radius 1 is 1.35 bits per heavy atom. The normalized spacial score (nSPS) is 18.6. The Hall–Kier alpha value is -2.63. The minimum Gasteiger partial charge on any atom is -0.466 e. The van der Waals surface area contributed by atoms with Crippen molar-refractivity contribution in [3.63, 3.8) is 0 Å². The molecule has 104 valence electrons. The SMILES string of the molecule is COC(=O)C1=C(C)NC(=O)N(C=O)[C@H]1c1ccccc1. The van der Waals surface area contributed by atoms with Crippen molar-refractivity contribution in [2.45, 2.75) is 13.0 Å². The second-order valence-corrected chi connectivity index (χ2v) is 4.29. The summed E-state index contributed by atoms with van der Waals surface area (Å²) in [6, 6.07) is 7.50. The molecule has 0 aromatic heterocycles.